The minimum Gasteiger partial charge on any atom is -0.330 e. The maximum Gasteiger partial charge on any atom is 0.175 e. The number of aryl methyl sites for hydroxylation is 1. The van der Waals surface area contributed by atoms with Crippen LogP contribution in [-0.2, 0) is 13.1 Å². The number of benzene rings is 2. The summed E-state index contributed by atoms with van der Waals surface area (Å²) in [4.78, 5) is 0. The number of anilines is 2. The third-order valence-electron chi connectivity index (χ3n) is 4.94. The van der Waals surface area contributed by atoms with Crippen LogP contribution in [0.5, 0.6) is 0 Å². The van der Waals surface area contributed by atoms with E-state index in [1.54, 1.807) is 6.20 Å². The predicted molar refractivity (Wildman–Crippen MR) is 133 cm³/mol. The van der Waals surface area contributed by atoms with Gasteiger partial charge < -0.3 is 10.6 Å². The Balaban J connectivity index is 1.39. The van der Waals surface area contributed by atoms with Gasteiger partial charge in [-0.1, -0.05) is 58.4 Å². The summed E-state index contributed by atoms with van der Waals surface area (Å²) < 4.78 is 4.93. The Hall–Kier alpha value is -2.97. The molecule has 8 heteroatoms. The second kappa shape index (κ2) is 9.45. The molecule has 2 N–H and O–H groups in total. The zero-order chi connectivity index (χ0) is 21.8. The van der Waals surface area contributed by atoms with Crippen LogP contribution in [-0.4, -0.2) is 24.7 Å². The van der Waals surface area contributed by atoms with Crippen LogP contribution in [0.15, 0.2) is 71.5 Å². The maximum atomic E-state index is 5.53. The maximum absolute atomic E-state index is 5.53. The van der Waals surface area contributed by atoms with Crippen molar-refractivity contribution in [2.75, 3.05) is 10.6 Å². The van der Waals surface area contributed by atoms with Crippen molar-refractivity contribution >= 4 is 44.6 Å². The van der Waals surface area contributed by atoms with Gasteiger partial charge in [-0.25, -0.2) is 0 Å². The Bertz CT molecular complexity index is 1180. The molecule has 2 aromatic carbocycles. The van der Waals surface area contributed by atoms with E-state index in [-0.39, 0.29) is 0 Å². The van der Waals surface area contributed by atoms with Crippen LogP contribution in [0, 0.1) is 13.8 Å². The summed E-state index contributed by atoms with van der Waals surface area (Å²) in [5, 5.41) is 16.1. The first-order valence-electron chi connectivity index (χ1n) is 9.91. The van der Waals surface area contributed by atoms with Gasteiger partial charge in [0.1, 0.15) is 0 Å². The standard InChI is InChI=1S/C23H23BrN6S/c1-16-22(17(2)30(28-16)14-18-6-4-3-5-7-18)27-23(31)26-21-12-25-29(15-21)13-19-8-10-20(24)11-9-19/h3-12,15H,13-14H2,1-2H3,(H2,26,27,31). The molecule has 0 atom stereocenters. The number of nitrogens with one attached hydrogen (secondary N) is 2. The van der Waals surface area contributed by atoms with Crippen LogP contribution in [0.2, 0.25) is 0 Å². The van der Waals surface area contributed by atoms with E-state index in [1.807, 2.05) is 59.7 Å². The fourth-order valence-electron chi connectivity index (χ4n) is 3.36. The van der Waals surface area contributed by atoms with Gasteiger partial charge in [-0.15, -0.1) is 0 Å². The highest BCUT2D eigenvalue weighted by molar-refractivity contribution is 9.10. The minimum absolute atomic E-state index is 0.508. The van der Waals surface area contributed by atoms with Crippen molar-refractivity contribution in [3.63, 3.8) is 0 Å². The third-order valence-corrected chi connectivity index (χ3v) is 5.68. The predicted octanol–water partition coefficient (Wildman–Crippen LogP) is 5.36. The zero-order valence-corrected chi connectivity index (χ0v) is 19.7. The summed E-state index contributed by atoms with van der Waals surface area (Å²) >= 11 is 8.99. The normalized spacial score (nSPS) is 10.8. The highest BCUT2D eigenvalue weighted by Gasteiger charge is 2.13. The second-order valence-corrected chi connectivity index (χ2v) is 8.65. The molecule has 0 unspecified atom stereocenters. The molecular weight excluding hydrogens is 472 g/mol. The van der Waals surface area contributed by atoms with Crippen LogP contribution in [0.4, 0.5) is 11.4 Å². The molecule has 0 saturated carbocycles. The summed E-state index contributed by atoms with van der Waals surface area (Å²) in [6.07, 6.45) is 3.71. The molecule has 0 bridgehead atoms. The molecule has 0 spiro atoms. The van der Waals surface area contributed by atoms with Crippen molar-refractivity contribution in [2.24, 2.45) is 0 Å². The Labute approximate surface area is 195 Å². The summed E-state index contributed by atoms with van der Waals surface area (Å²) in [5.41, 5.74) is 6.09. The van der Waals surface area contributed by atoms with Crippen molar-refractivity contribution < 1.29 is 0 Å². The van der Waals surface area contributed by atoms with E-state index in [1.165, 1.54) is 11.1 Å². The van der Waals surface area contributed by atoms with Gasteiger partial charge in [-0.2, -0.15) is 10.2 Å². The van der Waals surface area contributed by atoms with Crippen LogP contribution >= 0.6 is 28.1 Å². The fourth-order valence-corrected chi connectivity index (χ4v) is 3.84. The second-order valence-electron chi connectivity index (χ2n) is 7.32. The van der Waals surface area contributed by atoms with Crippen LogP contribution < -0.4 is 10.6 Å². The summed E-state index contributed by atoms with van der Waals surface area (Å²) in [6, 6.07) is 18.5. The molecule has 4 aromatic rings. The summed E-state index contributed by atoms with van der Waals surface area (Å²) in [5.74, 6) is 0. The number of nitrogens with zero attached hydrogens (tertiary/aromatic N) is 4. The van der Waals surface area contributed by atoms with E-state index in [0.29, 0.717) is 11.7 Å². The lowest BCUT2D eigenvalue weighted by Gasteiger charge is -2.10. The average Bonchev–Trinajstić information content (AvgIpc) is 3.29. The van der Waals surface area contributed by atoms with Crippen LogP contribution in [0.25, 0.3) is 0 Å². The topological polar surface area (TPSA) is 59.7 Å². The lowest BCUT2D eigenvalue weighted by atomic mass is 10.2. The van der Waals surface area contributed by atoms with E-state index in [0.717, 1.165) is 33.8 Å². The molecule has 31 heavy (non-hydrogen) atoms. The van der Waals surface area contributed by atoms with Gasteiger partial charge in [-0.3, -0.25) is 9.36 Å². The molecule has 0 aliphatic heterocycles. The van der Waals surface area contributed by atoms with E-state index < -0.39 is 0 Å². The number of thiocarbonyl (C=S) groups is 1. The Morgan fingerprint density at radius 2 is 1.68 bits per heavy atom. The molecule has 0 aliphatic rings. The van der Waals surface area contributed by atoms with E-state index in [2.05, 4.69) is 61.0 Å². The first-order chi connectivity index (χ1) is 15.0. The molecule has 0 amide bonds. The number of halogens is 1. The first kappa shape index (κ1) is 21.3. The van der Waals surface area contributed by atoms with Crippen molar-refractivity contribution in [3.8, 4) is 0 Å². The SMILES string of the molecule is Cc1nn(Cc2ccccc2)c(C)c1NC(=S)Nc1cnn(Cc2ccc(Br)cc2)c1. The van der Waals surface area contributed by atoms with E-state index >= 15 is 0 Å². The molecular formula is C23H23BrN6S. The number of rotatable bonds is 6. The van der Waals surface area contributed by atoms with Gasteiger partial charge in [0, 0.05) is 10.7 Å². The van der Waals surface area contributed by atoms with Gasteiger partial charge in [0.2, 0.25) is 0 Å². The Kier molecular flexibility index (Phi) is 6.48. The van der Waals surface area contributed by atoms with Gasteiger partial charge in [-0.05, 0) is 49.3 Å². The number of hydrogen-bond donors (Lipinski definition) is 2. The van der Waals surface area contributed by atoms with E-state index in [4.69, 9.17) is 12.2 Å². The van der Waals surface area contributed by atoms with Gasteiger partial charge in [0.05, 0.1) is 42.0 Å². The molecule has 2 heterocycles. The van der Waals surface area contributed by atoms with Crippen molar-refractivity contribution in [2.45, 2.75) is 26.9 Å². The molecule has 0 saturated heterocycles. The minimum atomic E-state index is 0.508. The first-order valence-corrected chi connectivity index (χ1v) is 11.1. The largest absolute Gasteiger partial charge is 0.330 e. The monoisotopic (exact) mass is 494 g/mol. The highest BCUT2D eigenvalue weighted by atomic mass is 79.9. The molecule has 0 aliphatic carbocycles. The van der Waals surface area contributed by atoms with Crippen molar-refractivity contribution in [1.29, 1.82) is 0 Å². The molecule has 2 aromatic heterocycles. The van der Waals surface area contributed by atoms with E-state index in [9.17, 15) is 0 Å². The van der Waals surface area contributed by atoms with Crippen molar-refractivity contribution in [3.05, 3.63) is 94.0 Å². The number of hydrogen-bond acceptors (Lipinski definition) is 3. The lowest BCUT2D eigenvalue weighted by molar-refractivity contribution is 0.659. The molecule has 158 valence electrons. The highest BCUT2D eigenvalue weighted by Crippen LogP contribution is 2.21. The van der Waals surface area contributed by atoms with Gasteiger partial charge >= 0.3 is 0 Å². The average molecular weight is 495 g/mol. The quantitative estimate of drug-likeness (QED) is 0.353. The third kappa shape index (κ3) is 5.39. The van der Waals surface area contributed by atoms with Crippen LogP contribution in [0.1, 0.15) is 22.5 Å². The Morgan fingerprint density at radius 3 is 2.42 bits per heavy atom. The number of aromatic nitrogens is 4. The Morgan fingerprint density at radius 1 is 0.968 bits per heavy atom. The fraction of sp³-hybridized carbons (Fsp3) is 0.174. The zero-order valence-electron chi connectivity index (χ0n) is 17.3. The lowest BCUT2D eigenvalue weighted by Crippen LogP contribution is -2.19. The molecule has 4 rings (SSSR count). The van der Waals surface area contributed by atoms with Crippen LogP contribution in [0.3, 0.4) is 0 Å². The van der Waals surface area contributed by atoms with Gasteiger partial charge in [0.25, 0.3) is 0 Å². The molecule has 0 fully saturated rings. The summed E-state index contributed by atoms with van der Waals surface area (Å²) in [7, 11) is 0. The smallest absolute Gasteiger partial charge is 0.175 e. The molecule has 0 radical (unpaired) electrons. The van der Waals surface area contributed by atoms with Gasteiger partial charge in [0.15, 0.2) is 5.11 Å². The molecule has 6 nitrogen and oxygen atoms in total. The summed E-state index contributed by atoms with van der Waals surface area (Å²) in [6.45, 7) is 5.44. The van der Waals surface area contributed by atoms with Crippen molar-refractivity contribution in [1.82, 2.24) is 19.6 Å².